The number of anilines is 2. The molecule has 0 radical (unpaired) electrons. The minimum absolute atomic E-state index is 0.0362. The molecule has 1 unspecified atom stereocenters. The second-order valence-electron chi connectivity index (χ2n) is 7.37. The van der Waals surface area contributed by atoms with Gasteiger partial charge in [0.25, 0.3) is 5.91 Å². The molecular weight excluding hydrogens is 428 g/mol. The van der Waals surface area contributed by atoms with Crippen molar-refractivity contribution in [2.45, 2.75) is 37.3 Å². The number of carbonyl (C=O) groups is 2. The molecule has 6 heteroatoms. The molecule has 160 valence electrons. The molecule has 3 aromatic rings. The number of hydrogen-bond acceptors (Lipinski definition) is 3. The van der Waals surface area contributed by atoms with E-state index in [-0.39, 0.29) is 17.1 Å². The zero-order valence-electron chi connectivity index (χ0n) is 17.7. The van der Waals surface area contributed by atoms with Crippen LogP contribution in [0.15, 0.2) is 71.6 Å². The maximum Gasteiger partial charge on any atom is 0.255 e. The van der Waals surface area contributed by atoms with Crippen LogP contribution >= 0.6 is 23.4 Å². The van der Waals surface area contributed by atoms with E-state index in [0.29, 0.717) is 22.7 Å². The molecule has 3 aromatic carbocycles. The van der Waals surface area contributed by atoms with Gasteiger partial charge in [-0.2, -0.15) is 0 Å². The molecule has 2 amide bonds. The van der Waals surface area contributed by atoms with Crippen molar-refractivity contribution in [2.24, 2.45) is 0 Å². The lowest BCUT2D eigenvalue weighted by atomic mass is 10.1. The molecule has 3 rings (SSSR count). The van der Waals surface area contributed by atoms with Crippen LogP contribution in [-0.4, -0.2) is 17.1 Å². The van der Waals surface area contributed by atoms with Gasteiger partial charge in [-0.3, -0.25) is 9.59 Å². The van der Waals surface area contributed by atoms with Crippen LogP contribution in [0, 0.1) is 13.8 Å². The number of carbonyl (C=O) groups excluding carboxylic acids is 2. The molecule has 2 N–H and O–H groups in total. The van der Waals surface area contributed by atoms with E-state index in [0.717, 1.165) is 21.7 Å². The Kier molecular flexibility index (Phi) is 7.77. The third-order valence-electron chi connectivity index (χ3n) is 4.61. The molecule has 0 fully saturated rings. The molecule has 0 heterocycles. The molecule has 31 heavy (non-hydrogen) atoms. The summed E-state index contributed by atoms with van der Waals surface area (Å²) < 4.78 is 0. The average Bonchev–Trinajstić information content (AvgIpc) is 2.71. The van der Waals surface area contributed by atoms with Crippen molar-refractivity contribution in [3.8, 4) is 0 Å². The normalized spacial score (nSPS) is 11.6. The highest BCUT2D eigenvalue weighted by Crippen LogP contribution is 2.29. The number of thioether (sulfide) groups is 1. The summed E-state index contributed by atoms with van der Waals surface area (Å²) in [6.07, 6.45) is 0.681. The van der Waals surface area contributed by atoms with E-state index in [4.69, 9.17) is 11.6 Å². The predicted molar refractivity (Wildman–Crippen MR) is 130 cm³/mol. The van der Waals surface area contributed by atoms with Gasteiger partial charge in [0.1, 0.15) is 0 Å². The van der Waals surface area contributed by atoms with E-state index >= 15 is 0 Å². The van der Waals surface area contributed by atoms with Crippen molar-refractivity contribution >= 4 is 46.6 Å². The molecule has 0 bridgehead atoms. The minimum Gasteiger partial charge on any atom is -0.325 e. The van der Waals surface area contributed by atoms with Gasteiger partial charge in [-0.05, 0) is 79.9 Å². The van der Waals surface area contributed by atoms with Gasteiger partial charge in [-0.25, -0.2) is 0 Å². The van der Waals surface area contributed by atoms with E-state index in [9.17, 15) is 9.59 Å². The van der Waals surface area contributed by atoms with Gasteiger partial charge in [-0.15, -0.1) is 11.8 Å². The number of amides is 2. The Labute approximate surface area is 192 Å². The molecular formula is C25H25ClN2O2S. The Balaban J connectivity index is 1.68. The smallest absolute Gasteiger partial charge is 0.255 e. The number of aryl methyl sites for hydroxylation is 2. The number of hydrogen-bond donors (Lipinski definition) is 2. The van der Waals surface area contributed by atoms with Crippen molar-refractivity contribution in [1.82, 2.24) is 0 Å². The van der Waals surface area contributed by atoms with E-state index in [1.165, 1.54) is 11.8 Å². The van der Waals surface area contributed by atoms with Gasteiger partial charge in [0.05, 0.1) is 5.25 Å². The highest BCUT2D eigenvalue weighted by molar-refractivity contribution is 8.00. The molecule has 1 atom stereocenters. The monoisotopic (exact) mass is 452 g/mol. The lowest BCUT2D eigenvalue weighted by Gasteiger charge is -2.16. The molecule has 0 aliphatic rings. The number of nitrogens with one attached hydrogen (secondary N) is 2. The predicted octanol–water partition coefficient (Wildman–Crippen LogP) is 6.72. The van der Waals surface area contributed by atoms with E-state index in [2.05, 4.69) is 16.7 Å². The molecule has 0 spiro atoms. The highest BCUT2D eigenvalue weighted by atomic mass is 35.5. The molecule has 0 saturated heterocycles. The van der Waals surface area contributed by atoms with E-state index in [1.807, 2.05) is 57.2 Å². The first-order chi connectivity index (χ1) is 14.8. The zero-order valence-corrected chi connectivity index (χ0v) is 19.3. The van der Waals surface area contributed by atoms with Crippen LogP contribution in [0.4, 0.5) is 11.4 Å². The van der Waals surface area contributed by atoms with Crippen molar-refractivity contribution in [3.05, 3.63) is 88.4 Å². The first kappa shape index (κ1) is 22.9. The second-order valence-corrected chi connectivity index (χ2v) is 9.09. The van der Waals surface area contributed by atoms with Gasteiger partial charge in [0.15, 0.2) is 0 Å². The summed E-state index contributed by atoms with van der Waals surface area (Å²) in [5.74, 6) is -0.268. The van der Waals surface area contributed by atoms with Gasteiger partial charge in [0.2, 0.25) is 5.91 Å². The van der Waals surface area contributed by atoms with Gasteiger partial charge in [-0.1, -0.05) is 36.7 Å². The van der Waals surface area contributed by atoms with Crippen molar-refractivity contribution in [2.75, 3.05) is 10.6 Å². The van der Waals surface area contributed by atoms with Crippen molar-refractivity contribution < 1.29 is 9.59 Å². The maximum absolute atomic E-state index is 12.8. The average molecular weight is 453 g/mol. The van der Waals surface area contributed by atoms with E-state index in [1.54, 1.807) is 24.3 Å². The third kappa shape index (κ3) is 6.61. The van der Waals surface area contributed by atoms with Gasteiger partial charge >= 0.3 is 0 Å². The Morgan fingerprint density at radius 1 is 0.903 bits per heavy atom. The van der Waals surface area contributed by atoms with Crippen LogP contribution in [0.5, 0.6) is 0 Å². The standard InChI is InChI=1S/C25H25ClN2O2S/c1-4-23(25(30)28-21-12-16(2)11-17(3)13-21)31-22-10-6-9-20(15-22)27-24(29)18-7-5-8-19(26)14-18/h5-15,23H,4H2,1-3H3,(H,27,29)(H,28,30). The summed E-state index contributed by atoms with van der Waals surface area (Å²) >= 11 is 7.45. The lowest BCUT2D eigenvalue weighted by Crippen LogP contribution is -2.24. The van der Waals surface area contributed by atoms with Crippen LogP contribution in [0.2, 0.25) is 5.02 Å². The Morgan fingerprint density at radius 2 is 1.61 bits per heavy atom. The van der Waals surface area contributed by atoms with Crippen molar-refractivity contribution in [1.29, 1.82) is 0 Å². The number of benzene rings is 3. The van der Waals surface area contributed by atoms with E-state index < -0.39 is 0 Å². The first-order valence-corrected chi connectivity index (χ1v) is 11.3. The summed E-state index contributed by atoms with van der Waals surface area (Å²) in [4.78, 5) is 26.2. The van der Waals surface area contributed by atoms with Gasteiger partial charge in [0, 0.05) is 26.9 Å². The molecule has 4 nitrogen and oxygen atoms in total. The SMILES string of the molecule is CCC(Sc1cccc(NC(=O)c2cccc(Cl)c2)c1)C(=O)Nc1cc(C)cc(C)c1. The summed E-state index contributed by atoms with van der Waals surface area (Å²) in [5.41, 5.74) is 4.19. The fourth-order valence-corrected chi connectivity index (χ4v) is 4.44. The highest BCUT2D eigenvalue weighted by Gasteiger charge is 2.19. The summed E-state index contributed by atoms with van der Waals surface area (Å²) in [6.45, 7) is 6.01. The van der Waals surface area contributed by atoms with Crippen LogP contribution < -0.4 is 10.6 Å². The van der Waals surface area contributed by atoms with Crippen LogP contribution in [0.3, 0.4) is 0 Å². The van der Waals surface area contributed by atoms with Crippen LogP contribution in [-0.2, 0) is 4.79 Å². The topological polar surface area (TPSA) is 58.2 Å². The first-order valence-electron chi connectivity index (χ1n) is 10.1. The van der Waals surface area contributed by atoms with Crippen LogP contribution in [0.1, 0.15) is 34.8 Å². The molecule has 0 aromatic heterocycles. The zero-order chi connectivity index (χ0) is 22.4. The number of halogens is 1. The second kappa shape index (κ2) is 10.5. The molecule has 0 saturated carbocycles. The minimum atomic E-state index is -0.250. The maximum atomic E-state index is 12.8. The fourth-order valence-electron chi connectivity index (χ4n) is 3.24. The third-order valence-corrected chi connectivity index (χ3v) is 6.20. The van der Waals surface area contributed by atoms with Gasteiger partial charge < -0.3 is 10.6 Å². The Bertz CT molecular complexity index is 1080. The van der Waals surface area contributed by atoms with Crippen molar-refractivity contribution in [3.63, 3.8) is 0 Å². The number of rotatable bonds is 7. The van der Waals surface area contributed by atoms with Crippen LogP contribution in [0.25, 0.3) is 0 Å². The quantitative estimate of drug-likeness (QED) is 0.391. The Morgan fingerprint density at radius 3 is 2.29 bits per heavy atom. The molecule has 0 aliphatic heterocycles. The summed E-state index contributed by atoms with van der Waals surface area (Å²) in [5, 5.41) is 6.17. The largest absolute Gasteiger partial charge is 0.325 e. The Hall–Kier alpha value is -2.76. The molecule has 0 aliphatic carbocycles. The summed E-state index contributed by atoms with van der Waals surface area (Å²) in [6, 6.07) is 20.3. The lowest BCUT2D eigenvalue weighted by molar-refractivity contribution is -0.115. The summed E-state index contributed by atoms with van der Waals surface area (Å²) in [7, 11) is 0. The fraction of sp³-hybridized carbons (Fsp3) is 0.200.